The van der Waals surface area contributed by atoms with Gasteiger partial charge in [0.25, 0.3) is 0 Å². The zero-order valence-corrected chi connectivity index (χ0v) is 10.9. The Hall–Kier alpha value is -0.200. The Kier molecular flexibility index (Phi) is 4.61. The quantitative estimate of drug-likeness (QED) is 0.658. The zero-order chi connectivity index (χ0) is 13.2. The van der Waals surface area contributed by atoms with E-state index in [-0.39, 0.29) is 25.4 Å². The average Bonchev–Trinajstić information content (AvgIpc) is 2.77. The van der Waals surface area contributed by atoms with E-state index in [9.17, 15) is 10.2 Å². The van der Waals surface area contributed by atoms with E-state index in [0.717, 1.165) is 25.7 Å². The summed E-state index contributed by atoms with van der Waals surface area (Å²) in [6, 6.07) is 0. The van der Waals surface area contributed by atoms with Gasteiger partial charge in [-0.25, -0.2) is 0 Å². The molecule has 0 saturated carbocycles. The van der Waals surface area contributed by atoms with E-state index in [2.05, 4.69) is 6.92 Å². The van der Waals surface area contributed by atoms with Gasteiger partial charge in [-0.1, -0.05) is 13.3 Å². The molecule has 2 saturated heterocycles. The molecular formula is C13H24O5. The SMILES string of the molecule is CCC[C@H]1CC[C@@H]2O[C@@H]([C@H](O)CO)C[C@]2(CO)O1. The van der Waals surface area contributed by atoms with Crippen LogP contribution >= 0.6 is 0 Å². The first kappa shape index (κ1) is 14.2. The summed E-state index contributed by atoms with van der Waals surface area (Å²) in [4.78, 5) is 0. The first-order valence-electron chi connectivity index (χ1n) is 6.88. The van der Waals surface area contributed by atoms with Crippen molar-refractivity contribution in [2.45, 2.75) is 69.0 Å². The summed E-state index contributed by atoms with van der Waals surface area (Å²) in [7, 11) is 0. The van der Waals surface area contributed by atoms with E-state index in [1.54, 1.807) is 0 Å². The first-order valence-corrected chi connectivity index (χ1v) is 6.88. The van der Waals surface area contributed by atoms with Gasteiger partial charge in [0.2, 0.25) is 0 Å². The molecule has 2 aliphatic rings. The van der Waals surface area contributed by atoms with Gasteiger partial charge in [0.05, 0.1) is 31.5 Å². The van der Waals surface area contributed by atoms with E-state index in [1.165, 1.54) is 0 Å². The summed E-state index contributed by atoms with van der Waals surface area (Å²) < 4.78 is 11.8. The van der Waals surface area contributed by atoms with Gasteiger partial charge in [-0.3, -0.25) is 0 Å². The molecular weight excluding hydrogens is 236 g/mol. The fourth-order valence-corrected chi connectivity index (χ4v) is 3.11. The van der Waals surface area contributed by atoms with Gasteiger partial charge >= 0.3 is 0 Å². The maximum atomic E-state index is 9.67. The van der Waals surface area contributed by atoms with E-state index in [4.69, 9.17) is 14.6 Å². The predicted molar refractivity (Wildman–Crippen MR) is 65.2 cm³/mol. The number of hydrogen-bond donors (Lipinski definition) is 3. The van der Waals surface area contributed by atoms with E-state index in [1.807, 2.05) is 0 Å². The minimum atomic E-state index is -0.896. The van der Waals surface area contributed by atoms with Crippen LogP contribution < -0.4 is 0 Å². The second-order valence-electron chi connectivity index (χ2n) is 5.45. The Morgan fingerprint density at radius 3 is 2.72 bits per heavy atom. The summed E-state index contributed by atoms with van der Waals surface area (Å²) in [6.45, 7) is 1.70. The van der Waals surface area contributed by atoms with Crippen LogP contribution in [0.3, 0.4) is 0 Å². The summed E-state index contributed by atoms with van der Waals surface area (Å²) >= 11 is 0. The van der Waals surface area contributed by atoms with Crippen LogP contribution in [0.1, 0.15) is 39.0 Å². The Balaban J connectivity index is 2.05. The van der Waals surface area contributed by atoms with Crippen LogP contribution in [0.25, 0.3) is 0 Å². The molecule has 106 valence electrons. The van der Waals surface area contributed by atoms with Gasteiger partial charge in [-0.2, -0.15) is 0 Å². The van der Waals surface area contributed by atoms with Crippen LogP contribution in [0.15, 0.2) is 0 Å². The topological polar surface area (TPSA) is 79.2 Å². The lowest BCUT2D eigenvalue weighted by molar-refractivity contribution is -0.185. The van der Waals surface area contributed by atoms with Crippen molar-refractivity contribution in [2.24, 2.45) is 0 Å². The fraction of sp³-hybridized carbons (Fsp3) is 1.00. The molecule has 0 bridgehead atoms. The highest BCUT2D eigenvalue weighted by molar-refractivity contribution is 5.02. The molecule has 5 heteroatoms. The van der Waals surface area contributed by atoms with Crippen molar-refractivity contribution in [2.75, 3.05) is 13.2 Å². The number of fused-ring (bicyclic) bond motifs is 1. The van der Waals surface area contributed by atoms with Crippen molar-refractivity contribution < 1.29 is 24.8 Å². The molecule has 2 rings (SSSR count). The molecule has 2 fully saturated rings. The molecule has 2 aliphatic heterocycles. The van der Waals surface area contributed by atoms with Gasteiger partial charge in [-0.15, -0.1) is 0 Å². The number of aliphatic hydroxyl groups excluding tert-OH is 3. The van der Waals surface area contributed by atoms with E-state index in [0.29, 0.717) is 6.42 Å². The monoisotopic (exact) mass is 260 g/mol. The van der Waals surface area contributed by atoms with Crippen LogP contribution in [0.4, 0.5) is 0 Å². The fourth-order valence-electron chi connectivity index (χ4n) is 3.11. The normalized spacial score (nSPS) is 41.7. The van der Waals surface area contributed by atoms with Crippen molar-refractivity contribution in [3.63, 3.8) is 0 Å². The summed E-state index contributed by atoms with van der Waals surface area (Å²) in [5, 5.41) is 28.3. The average molecular weight is 260 g/mol. The molecule has 0 aromatic heterocycles. The van der Waals surface area contributed by atoms with Crippen molar-refractivity contribution in [3.8, 4) is 0 Å². The minimum Gasteiger partial charge on any atom is -0.394 e. The minimum absolute atomic E-state index is 0.0907. The van der Waals surface area contributed by atoms with Crippen LogP contribution in [-0.4, -0.2) is 58.6 Å². The molecule has 3 N–H and O–H groups in total. The molecule has 0 aliphatic carbocycles. The second-order valence-corrected chi connectivity index (χ2v) is 5.45. The summed E-state index contributed by atoms with van der Waals surface area (Å²) in [5.41, 5.74) is -0.682. The first-order chi connectivity index (χ1) is 8.65. The Morgan fingerprint density at radius 1 is 1.33 bits per heavy atom. The molecule has 5 atom stereocenters. The van der Waals surface area contributed by atoms with Crippen LogP contribution in [0, 0.1) is 0 Å². The van der Waals surface area contributed by atoms with Crippen molar-refractivity contribution in [1.29, 1.82) is 0 Å². The highest BCUT2D eigenvalue weighted by atomic mass is 16.6. The molecule has 0 radical (unpaired) electrons. The third-order valence-electron chi connectivity index (χ3n) is 4.12. The van der Waals surface area contributed by atoms with Crippen LogP contribution in [0.5, 0.6) is 0 Å². The molecule has 0 amide bonds. The molecule has 0 aromatic carbocycles. The van der Waals surface area contributed by atoms with Crippen LogP contribution in [0.2, 0.25) is 0 Å². The summed E-state index contributed by atoms with van der Waals surface area (Å²) in [5.74, 6) is 0. The molecule has 5 nitrogen and oxygen atoms in total. The molecule has 0 aromatic rings. The highest BCUT2D eigenvalue weighted by Gasteiger charge is 2.53. The van der Waals surface area contributed by atoms with Gasteiger partial charge in [0.1, 0.15) is 11.7 Å². The zero-order valence-electron chi connectivity index (χ0n) is 10.9. The molecule has 0 unspecified atom stereocenters. The van der Waals surface area contributed by atoms with Gasteiger partial charge < -0.3 is 24.8 Å². The molecule has 0 spiro atoms. The number of aliphatic hydroxyl groups is 3. The van der Waals surface area contributed by atoms with Crippen molar-refractivity contribution in [3.05, 3.63) is 0 Å². The maximum Gasteiger partial charge on any atom is 0.120 e. The largest absolute Gasteiger partial charge is 0.394 e. The van der Waals surface area contributed by atoms with E-state index < -0.39 is 17.8 Å². The van der Waals surface area contributed by atoms with Crippen LogP contribution in [-0.2, 0) is 9.47 Å². The maximum absolute atomic E-state index is 9.67. The Labute approximate surface area is 108 Å². The van der Waals surface area contributed by atoms with Crippen molar-refractivity contribution >= 4 is 0 Å². The standard InChI is InChI=1S/C13H24O5/c1-2-3-9-4-5-12-13(8-15,18-9)6-11(17-12)10(16)7-14/h9-12,14-16H,2-8H2,1H3/t9-,10+,11+,12-,13+/m0/s1. The van der Waals surface area contributed by atoms with E-state index >= 15 is 0 Å². The third kappa shape index (κ3) is 2.56. The van der Waals surface area contributed by atoms with Gasteiger partial charge in [0.15, 0.2) is 0 Å². The van der Waals surface area contributed by atoms with Gasteiger partial charge in [0, 0.05) is 6.42 Å². The Bertz CT molecular complexity index is 272. The summed E-state index contributed by atoms with van der Waals surface area (Å²) in [6.07, 6.45) is 2.95. The number of rotatable bonds is 5. The smallest absolute Gasteiger partial charge is 0.120 e. The number of ether oxygens (including phenoxy) is 2. The lowest BCUT2D eigenvalue weighted by Gasteiger charge is -2.40. The van der Waals surface area contributed by atoms with Gasteiger partial charge in [-0.05, 0) is 19.3 Å². The second kappa shape index (κ2) is 5.84. The predicted octanol–water partition coefficient (Wildman–Crippen LogP) is 0.207. The Morgan fingerprint density at radius 2 is 2.11 bits per heavy atom. The van der Waals surface area contributed by atoms with Crippen molar-refractivity contribution in [1.82, 2.24) is 0 Å². The lowest BCUT2D eigenvalue weighted by atomic mass is 9.86. The number of hydrogen-bond acceptors (Lipinski definition) is 5. The lowest BCUT2D eigenvalue weighted by Crippen LogP contribution is -2.51. The highest BCUT2D eigenvalue weighted by Crippen LogP contribution is 2.42. The third-order valence-corrected chi connectivity index (χ3v) is 4.12. The molecule has 2 heterocycles. The molecule has 18 heavy (non-hydrogen) atoms.